The van der Waals surface area contributed by atoms with Crippen molar-refractivity contribution in [1.29, 1.82) is 0 Å². The fraction of sp³-hybridized carbons (Fsp3) is 0.500. The number of methoxy groups -OCH3 is 1. The van der Waals surface area contributed by atoms with Crippen molar-refractivity contribution in [3.05, 3.63) is 34.3 Å². The Balaban J connectivity index is 2.57. The lowest BCUT2D eigenvalue weighted by Gasteiger charge is -2.05. The van der Waals surface area contributed by atoms with Crippen molar-refractivity contribution in [2.45, 2.75) is 45.4 Å². The van der Waals surface area contributed by atoms with Crippen molar-refractivity contribution < 1.29 is 14.3 Å². The van der Waals surface area contributed by atoms with Gasteiger partial charge in [-0.1, -0.05) is 50.3 Å². The second kappa shape index (κ2) is 8.75. The number of ketones is 1. The molecule has 0 saturated heterocycles. The highest BCUT2D eigenvalue weighted by atomic mass is 35.5. The van der Waals surface area contributed by atoms with Crippen LogP contribution in [0.2, 0.25) is 5.02 Å². The molecule has 1 rings (SSSR count). The van der Waals surface area contributed by atoms with Gasteiger partial charge in [0.05, 0.1) is 17.7 Å². The van der Waals surface area contributed by atoms with E-state index in [0.29, 0.717) is 12.0 Å². The topological polar surface area (TPSA) is 43.4 Å². The van der Waals surface area contributed by atoms with Crippen LogP contribution in [0.15, 0.2) is 18.2 Å². The van der Waals surface area contributed by atoms with Gasteiger partial charge in [-0.15, -0.1) is 0 Å². The predicted octanol–water partition coefficient (Wildman–Crippen LogP) is 4.67. The number of halogens is 1. The normalized spacial score (nSPS) is 10.3. The van der Waals surface area contributed by atoms with Gasteiger partial charge < -0.3 is 4.74 Å². The molecule has 0 saturated carbocycles. The molecule has 0 radical (unpaired) electrons. The Bertz CT molecular complexity index is 469. The minimum Gasteiger partial charge on any atom is -0.465 e. The van der Waals surface area contributed by atoms with Crippen LogP contribution >= 0.6 is 11.6 Å². The van der Waals surface area contributed by atoms with Crippen molar-refractivity contribution in [3.8, 4) is 0 Å². The number of unbranched alkanes of at least 4 members (excludes halogenated alkanes) is 4. The van der Waals surface area contributed by atoms with E-state index in [4.69, 9.17) is 11.6 Å². The molecule has 0 unspecified atom stereocenters. The summed E-state index contributed by atoms with van der Waals surface area (Å²) in [6.07, 6.45) is 6.08. The first-order chi connectivity index (χ1) is 9.60. The Morgan fingerprint density at radius 2 is 1.85 bits per heavy atom. The van der Waals surface area contributed by atoms with Gasteiger partial charge in [-0.05, 0) is 18.6 Å². The summed E-state index contributed by atoms with van der Waals surface area (Å²) >= 11 is 6.00. The molecule has 0 spiro atoms. The molecule has 0 heterocycles. The molecule has 4 heteroatoms. The van der Waals surface area contributed by atoms with Gasteiger partial charge in [0.15, 0.2) is 5.78 Å². The van der Waals surface area contributed by atoms with E-state index in [1.54, 1.807) is 18.2 Å². The highest BCUT2D eigenvalue weighted by Gasteiger charge is 2.13. The second-order valence-electron chi connectivity index (χ2n) is 4.77. The van der Waals surface area contributed by atoms with E-state index in [-0.39, 0.29) is 16.4 Å². The van der Waals surface area contributed by atoms with Gasteiger partial charge in [0.2, 0.25) is 0 Å². The zero-order chi connectivity index (χ0) is 15.0. The zero-order valence-corrected chi connectivity index (χ0v) is 12.8. The Morgan fingerprint density at radius 1 is 1.15 bits per heavy atom. The van der Waals surface area contributed by atoms with E-state index in [0.717, 1.165) is 12.8 Å². The molecule has 0 aromatic heterocycles. The lowest BCUT2D eigenvalue weighted by molar-refractivity contribution is 0.0600. The number of rotatable bonds is 8. The number of esters is 1. The first-order valence-corrected chi connectivity index (χ1v) is 7.39. The molecule has 0 bridgehead atoms. The summed E-state index contributed by atoms with van der Waals surface area (Å²) in [6, 6.07) is 4.72. The summed E-state index contributed by atoms with van der Waals surface area (Å²) in [6.45, 7) is 2.16. The first kappa shape index (κ1) is 16.7. The molecule has 0 atom stereocenters. The van der Waals surface area contributed by atoms with E-state index in [2.05, 4.69) is 11.7 Å². The van der Waals surface area contributed by atoms with Crippen LogP contribution in [0, 0.1) is 0 Å². The lowest BCUT2D eigenvalue weighted by Crippen LogP contribution is -2.04. The van der Waals surface area contributed by atoms with Crippen molar-refractivity contribution in [1.82, 2.24) is 0 Å². The highest BCUT2D eigenvalue weighted by molar-refractivity contribution is 6.34. The number of hydrogen-bond acceptors (Lipinski definition) is 3. The van der Waals surface area contributed by atoms with E-state index >= 15 is 0 Å². The molecule has 3 nitrogen and oxygen atoms in total. The fourth-order valence-electron chi connectivity index (χ4n) is 2.00. The minimum atomic E-state index is -0.492. The number of Topliss-reactive ketones (excluding diaryl/α,β-unsaturated/α-hetero) is 1. The molecule has 0 fully saturated rings. The summed E-state index contributed by atoms with van der Waals surface area (Å²) in [5.41, 5.74) is 0.840. The Hall–Kier alpha value is -1.35. The Kier molecular flexibility index (Phi) is 7.31. The van der Waals surface area contributed by atoms with Crippen molar-refractivity contribution in [3.63, 3.8) is 0 Å². The van der Waals surface area contributed by atoms with E-state index < -0.39 is 5.97 Å². The molecule has 0 aliphatic heterocycles. The van der Waals surface area contributed by atoms with Crippen LogP contribution in [0.1, 0.15) is 66.2 Å². The molecule has 1 aromatic carbocycles. The molecule has 0 N–H and O–H groups in total. The van der Waals surface area contributed by atoms with Gasteiger partial charge >= 0.3 is 5.97 Å². The quantitative estimate of drug-likeness (QED) is 0.398. The van der Waals surface area contributed by atoms with Crippen LogP contribution in [-0.2, 0) is 4.74 Å². The van der Waals surface area contributed by atoms with Gasteiger partial charge in [-0.3, -0.25) is 4.79 Å². The van der Waals surface area contributed by atoms with Gasteiger partial charge in [-0.25, -0.2) is 4.79 Å². The van der Waals surface area contributed by atoms with Crippen LogP contribution in [0.5, 0.6) is 0 Å². The van der Waals surface area contributed by atoms with Crippen LogP contribution in [-0.4, -0.2) is 18.9 Å². The standard InChI is InChI=1S/C16H21ClO3/c1-3-4-5-6-7-8-15(18)12-9-10-13(14(17)11-12)16(19)20-2/h9-11H,3-8H2,1-2H3. The van der Waals surface area contributed by atoms with Gasteiger partial charge in [-0.2, -0.15) is 0 Å². The fourth-order valence-corrected chi connectivity index (χ4v) is 2.26. The average Bonchev–Trinajstić information content (AvgIpc) is 2.46. The molecule has 0 aliphatic carbocycles. The summed E-state index contributed by atoms with van der Waals surface area (Å²) in [7, 11) is 1.30. The van der Waals surface area contributed by atoms with Crippen LogP contribution < -0.4 is 0 Å². The molecular weight excluding hydrogens is 276 g/mol. The van der Waals surface area contributed by atoms with Crippen molar-refractivity contribution in [2.24, 2.45) is 0 Å². The molecular formula is C16H21ClO3. The summed E-state index contributed by atoms with van der Waals surface area (Å²) in [5, 5.41) is 0.258. The minimum absolute atomic E-state index is 0.0693. The summed E-state index contributed by atoms with van der Waals surface area (Å²) in [4.78, 5) is 23.4. The molecule has 1 aromatic rings. The van der Waals surface area contributed by atoms with E-state index in [1.165, 1.54) is 26.4 Å². The smallest absolute Gasteiger partial charge is 0.339 e. The van der Waals surface area contributed by atoms with Gasteiger partial charge in [0, 0.05) is 12.0 Å². The largest absolute Gasteiger partial charge is 0.465 e. The Morgan fingerprint density at radius 3 is 2.45 bits per heavy atom. The third-order valence-corrected chi connectivity index (χ3v) is 3.52. The maximum Gasteiger partial charge on any atom is 0.339 e. The molecule has 0 aliphatic rings. The van der Waals surface area contributed by atoms with Crippen LogP contribution in [0.3, 0.4) is 0 Å². The van der Waals surface area contributed by atoms with Crippen molar-refractivity contribution >= 4 is 23.4 Å². The number of carbonyl (C=O) groups excluding carboxylic acids is 2. The van der Waals surface area contributed by atoms with Crippen LogP contribution in [0.25, 0.3) is 0 Å². The van der Waals surface area contributed by atoms with Crippen LogP contribution in [0.4, 0.5) is 0 Å². The summed E-state index contributed by atoms with van der Waals surface area (Å²) < 4.78 is 4.61. The van der Waals surface area contributed by atoms with E-state index in [1.807, 2.05) is 0 Å². The third kappa shape index (κ3) is 4.97. The molecule has 0 amide bonds. The third-order valence-electron chi connectivity index (χ3n) is 3.20. The summed E-state index contributed by atoms with van der Waals surface area (Å²) in [5.74, 6) is -0.423. The monoisotopic (exact) mass is 296 g/mol. The number of ether oxygens (including phenoxy) is 1. The number of carbonyl (C=O) groups is 2. The Labute approximate surface area is 125 Å². The van der Waals surface area contributed by atoms with Crippen molar-refractivity contribution in [2.75, 3.05) is 7.11 Å². The SMILES string of the molecule is CCCCCCCC(=O)c1ccc(C(=O)OC)c(Cl)c1. The van der Waals surface area contributed by atoms with Gasteiger partial charge in [0.1, 0.15) is 0 Å². The maximum atomic E-state index is 12.0. The molecule has 20 heavy (non-hydrogen) atoms. The predicted molar refractivity (Wildman–Crippen MR) is 80.5 cm³/mol. The second-order valence-corrected chi connectivity index (χ2v) is 5.18. The van der Waals surface area contributed by atoms with Gasteiger partial charge in [0.25, 0.3) is 0 Å². The number of hydrogen-bond donors (Lipinski definition) is 0. The first-order valence-electron chi connectivity index (χ1n) is 7.01. The lowest BCUT2D eigenvalue weighted by atomic mass is 10.0. The number of benzene rings is 1. The highest BCUT2D eigenvalue weighted by Crippen LogP contribution is 2.20. The maximum absolute atomic E-state index is 12.0. The average molecular weight is 297 g/mol. The van der Waals surface area contributed by atoms with E-state index in [9.17, 15) is 9.59 Å². The zero-order valence-electron chi connectivity index (χ0n) is 12.1. The molecule has 110 valence electrons.